The Balaban J connectivity index is 2.31. The Bertz CT molecular complexity index is 491. The fraction of sp³-hybridized carbons (Fsp3) is 0.308. The molecule has 0 aliphatic heterocycles. The molecule has 0 radical (unpaired) electrons. The van der Waals surface area contributed by atoms with E-state index in [-0.39, 0.29) is 6.61 Å². The minimum absolute atomic E-state index is 0.0675. The van der Waals surface area contributed by atoms with Crippen molar-refractivity contribution in [2.24, 2.45) is 0 Å². The molecular formula is C13H15ClN2O. The molecule has 0 aliphatic carbocycles. The second-order valence-electron chi connectivity index (χ2n) is 3.87. The van der Waals surface area contributed by atoms with Gasteiger partial charge in [0.2, 0.25) is 0 Å². The van der Waals surface area contributed by atoms with Gasteiger partial charge in [-0.05, 0) is 12.0 Å². The van der Waals surface area contributed by atoms with E-state index >= 15 is 0 Å². The Morgan fingerprint density at radius 1 is 1.29 bits per heavy atom. The van der Waals surface area contributed by atoms with Crippen LogP contribution in [0.1, 0.15) is 18.3 Å². The average molecular weight is 251 g/mol. The van der Waals surface area contributed by atoms with Crippen LogP contribution in [0.15, 0.2) is 24.3 Å². The molecule has 0 aliphatic rings. The summed E-state index contributed by atoms with van der Waals surface area (Å²) in [4.78, 5) is 7.34. The fourth-order valence-electron chi connectivity index (χ4n) is 1.71. The normalized spacial score (nSPS) is 10.8. The van der Waals surface area contributed by atoms with E-state index in [2.05, 4.69) is 29.0 Å². The number of imidazole rings is 1. The molecule has 3 nitrogen and oxygen atoms in total. The molecule has 0 saturated heterocycles. The van der Waals surface area contributed by atoms with Gasteiger partial charge in [-0.1, -0.05) is 42.8 Å². The first-order valence-corrected chi connectivity index (χ1v) is 6.07. The number of aliphatic hydroxyl groups excluding tert-OH is 1. The maximum absolute atomic E-state index is 8.86. The van der Waals surface area contributed by atoms with Crippen LogP contribution in [0.25, 0.3) is 11.3 Å². The largest absolute Gasteiger partial charge is 0.396 e. The number of nitrogens with one attached hydrogen (secondary N) is 1. The van der Waals surface area contributed by atoms with Crippen LogP contribution in [0.3, 0.4) is 0 Å². The van der Waals surface area contributed by atoms with E-state index in [4.69, 9.17) is 16.7 Å². The summed E-state index contributed by atoms with van der Waals surface area (Å²) in [5.41, 5.74) is 3.03. The number of aliphatic hydroxyl groups is 1. The highest BCUT2D eigenvalue weighted by molar-refractivity contribution is 6.31. The molecule has 0 unspecified atom stereocenters. The lowest BCUT2D eigenvalue weighted by Gasteiger charge is -1.99. The van der Waals surface area contributed by atoms with E-state index in [1.165, 1.54) is 5.56 Å². The summed E-state index contributed by atoms with van der Waals surface area (Å²) in [5, 5.41) is 9.38. The van der Waals surface area contributed by atoms with E-state index in [0.29, 0.717) is 17.4 Å². The van der Waals surface area contributed by atoms with Gasteiger partial charge in [0.05, 0.1) is 6.61 Å². The lowest BCUT2D eigenvalue weighted by atomic mass is 10.1. The summed E-state index contributed by atoms with van der Waals surface area (Å²) in [6.07, 6.45) is 1.51. The standard InChI is InChI=1S/C13H15ClN2O/c1-2-9-3-5-10(6-4-9)12-13(14)16-11(15-12)7-8-17/h3-6,17H,2,7-8H2,1H3,(H,15,16). The highest BCUT2D eigenvalue weighted by Gasteiger charge is 2.09. The van der Waals surface area contributed by atoms with Gasteiger partial charge in [0.25, 0.3) is 0 Å². The van der Waals surface area contributed by atoms with Crippen molar-refractivity contribution in [2.45, 2.75) is 19.8 Å². The molecule has 4 heteroatoms. The first-order valence-electron chi connectivity index (χ1n) is 5.69. The van der Waals surface area contributed by atoms with Crippen molar-refractivity contribution in [3.8, 4) is 11.3 Å². The van der Waals surface area contributed by atoms with Gasteiger partial charge in [-0.25, -0.2) is 4.98 Å². The number of hydrogen-bond acceptors (Lipinski definition) is 2. The first kappa shape index (κ1) is 12.1. The highest BCUT2D eigenvalue weighted by atomic mass is 35.5. The van der Waals surface area contributed by atoms with Gasteiger partial charge in [-0.15, -0.1) is 0 Å². The quantitative estimate of drug-likeness (QED) is 0.877. The lowest BCUT2D eigenvalue weighted by Crippen LogP contribution is -1.92. The molecule has 0 amide bonds. The molecule has 0 atom stereocenters. The first-order chi connectivity index (χ1) is 8.24. The molecule has 90 valence electrons. The number of nitrogens with zero attached hydrogens (tertiary/aromatic N) is 1. The molecule has 2 N–H and O–H groups in total. The van der Waals surface area contributed by atoms with Gasteiger partial charge in [0.15, 0.2) is 0 Å². The summed E-state index contributed by atoms with van der Waals surface area (Å²) < 4.78 is 0. The maximum Gasteiger partial charge on any atom is 0.134 e. The number of H-pyrrole nitrogens is 1. The smallest absolute Gasteiger partial charge is 0.134 e. The molecule has 0 bridgehead atoms. The third kappa shape index (κ3) is 2.68. The summed E-state index contributed by atoms with van der Waals surface area (Å²) in [5.74, 6) is 0.715. The van der Waals surface area contributed by atoms with E-state index in [1.807, 2.05) is 12.1 Å². The molecule has 2 rings (SSSR count). The summed E-state index contributed by atoms with van der Waals surface area (Å²) in [6, 6.07) is 8.19. The zero-order chi connectivity index (χ0) is 12.3. The predicted molar refractivity (Wildman–Crippen MR) is 69.2 cm³/mol. The minimum atomic E-state index is 0.0675. The van der Waals surface area contributed by atoms with Crippen molar-refractivity contribution in [3.05, 3.63) is 40.8 Å². The molecule has 0 fully saturated rings. The number of halogens is 1. The zero-order valence-corrected chi connectivity index (χ0v) is 10.5. The Morgan fingerprint density at radius 2 is 2.00 bits per heavy atom. The molecule has 1 aromatic carbocycles. The van der Waals surface area contributed by atoms with E-state index in [9.17, 15) is 0 Å². The van der Waals surface area contributed by atoms with Gasteiger partial charge < -0.3 is 10.1 Å². The number of aromatic amines is 1. The molecule has 17 heavy (non-hydrogen) atoms. The summed E-state index contributed by atoms with van der Waals surface area (Å²) in [7, 11) is 0. The molecule has 0 saturated carbocycles. The molecule has 1 heterocycles. The number of hydrogen-bond donors (Lipinski definition) is 2. The molecule has 2 aromatic rings. The number of rotatable bonds is 4. The van der Waals surface area contributed by atoms with E-state index in [0.717, 1.165) is 17.7 Å². The van der Waals surface area contributed by atoms with Crippen LogP contribution in [0.2, 0.25) is 5.15 Å². The van der Waals surface area contributed by atoms with Gasteiger partial charge in [-0.3, -0.25) is 0 Å². The number of aryl methyl sites for hydroxylation is 1. The Hall–Kier alpha value is -1.32. The van der Waals surface area contributed by atoms with Gasteiger partial charge in [-0.2, -0.15) is 0 Å². The van der Waals surface area contributed by atoms with Crippen LogP contribution >= 0.6 is 11.6 Å². The predicted octanol–water partition coefficient (Wildman–Crippen LogP) is 2.83. The summed E-state index contributed by atoms with van der Waals surface area (Å²) >= 11 is 6.09. The molecular weight excluding hydrogens is 236 g/mol. The molecule has 1 aromatic heterocycles. The second-order valence-corrected chi connectivity index (χ2v) is 4.25. The Morgan fingerprint density at radius 3 is 2.59 bits per heavy atom. The third-order valence-electron chi connectivity index (χ3n) is 2.69. The SMILES string of the molecule is CCc1ccc(-c2nc(CCO)[nH]c2Cl)cc1. The van der Waals surface area contributed by atoms with Crippen LogP contribution in [0.5, 0.6) is 0 Å². The highest BCUT2D eigenvalue weighted by Crippen LogP contribution is 2.25. The van der Waals surface area contributed by atoms with E-state index in [1.54, 1.807) is 0 Å². The van der Waals surface area contributed by atoms with Crippen LogP contribution in [-0.2, 0) is 12.8 Å². The van der Waals surface area contributed by atoms with E-state index < -0.39 is 0 Å². The second kappa shape index (κ2) is 5.34. The Kier molecular flexibility index (Phi) is 3.82. The van der Waals surface area contributed by atoms with Crippen LogP contribution in [0.4, 0.5) is 0 Å². The Labute approximate surface area is 105 Å². The van der Waals surface area contributed by atoms with Gasteiger partial charge in [0, 0.05) is 12.0 Å². The average Bonchev–Trinajstić information content (AvgIpc) is 2.71. The van der Waals surface area contributed by atoms with Gasteiger partial charge in [0.1, 0.15) is 16.7 Å². The van der Waals surface area contributed by atoms with Crippen LogP contribution < -0.4 is 0 Å². The van der Waals surface area contributed by atoms with Crippen molar-refractivity contribution in [1.29, 1.82) is 0 Å². The van der Waals surface area contributed by atoms with Crippen molar-refractivity contribution in [2.75, 3.05) is 6.61 Å². The van der Waals surface area contributed by atoms with Crippen molar-refractivity contribution in [3.63, 3.8) is 0 Å². The number of aromatic nitrogens is 2. The summed E-state index contributed by atoms with van der Waals surface area (Å²) in [6.45, 7) is 2.19. The van der Waals surface area contributed by atoms with Crippen LogP contribution in [0, 0.1) is 0 Å². The van der Waals surface area contributed by atoms with Gasteiger partial charge >= 0.3 is 0 Å². The fourth-order valence-corrected chi connectivity index (χ4v) is 1.97. The number of benzene rings is 1. The zero-order valence-electron chi connectivity index (χ0n) is 9.70. The monoisotopic (exact) mass is 250 g/mol. The maximum atomic E-state index is 8.86. The minimum Gasteiger partial charge on any atom is -0.396 e. The van der Waals surface area contributed by atoms with Crippen LogP contribution in [-0.4, -0.2) is 21.7 Å². The van der Waals surface area contributed by atoms with Crippen molar-refractivity contribution in [1.82, 2.24) is 9.97 Å². The molecule has 0 spiro atoms. The van der Waals surface area contributed by atoms with Crippen molar-refractivity contribution >= 4 is 11.6 Å². The third-order valence-corrected chi connectivity index (χ3v) is 2.97. The van der Waals surface area contributed by atoms with Crippen molar-refractivity contribution < 1.29 is 5.11 Å². The lowest BCUT2D eigenvalue weighted by molar-refractivity contribution is 0.297. The topological polar surface area (TPSA) is 48.9 Å².